The van der Waals surface area contributed by atoms with Crippen molar-refractivity contribution in [3.8, 4) is 22.9 Å². The molecule has 27 heavy (non-hydrogen) atoms. The number of anilines is 1. The van der Waals surface area contributed by atoms with Crippen LogP contribution in [0.4, 0.5) is 5.13 Å². The third-order valence-electron chi connectivity index (χ3n) is 3.89. The Morgan fingerprint density at radius 2 is 1.81 bits per heavy atom. The van der Waals surface area contributed by atoms with Gasteiger partial charge in [0.25, 0.3) is 5.91 Å². The summed E-state index contributed by atoms with van der Waals surface area (Å²) in [4.78, 5) is 13.1. The highest BCUT2D eigenvalue weighted by Crippen LogP contribution is 2.28. The van der Waals surface area contributed by atoms with Crippen molar-refractivity contribution in [1.29, 1.82) is 0 Å². The molecule has 0 fully saturated rings. The van der Waals surface area contributed by atoms with Gasteiger partial charge in [0.2, 0.25) is 10.1 Å². The summed E-state index contributed by atoms with van der Waals surface area (Å²) in [5.41, 5.74) is 1.33. The maximum Gasteiger partial charge on any atom is 0.257 e. The van der Waals surface area contributed by atoms with Crippen LogP contribution in [-0.4, -0.2) is 39.9 Å². The Balaban J connectivity index is 1.60. The first-order valence-corrected chi connectivity index (χ1v) is 8.82. The predicted octanol–water partition coefficient (Wildman–Crippen LogP) is 3.12. The molecule has 9 heteroatoms. The monoisotopic (exact) mass is 381 g/mol. The van der Waals surface area contributed by atoms with Crippen LogP contribution in [-0.2, 0) is 0 Å². The fourth-order valence-electron chi connectivity index (χ4n) is 2.58. The minimum atomic E-state index is -0.304. The molecule has 136 valence electrons. The highest BCUT2D eigenvalue weighted by Gasteiger charge is 2.16. The molecule has 0 unspecified atom stereocenters. The van der Waals surface area contributed by atoms with Gasteiger partial charge in [-0.2, -0.15) is 4.52 Å². The second kappa shape index (κ2) is 7.04. The van der Waals surface area contributed by atoms with E-state index in [0.29, 0.717) is 33.0 Å². The largest absolute Gasteiger partial charge is 0.493 e. The Bertz CT molecular complexity index is 1110. The van der Waals surface area contributed by atoms with Gasteiger partial charge in [0.05, 0.1) is 14.2 Å². The first kappa shape index (κ1) is 17.0. The lowest BCUT2D eigenvalue weighted by atomic mass is 10.2. The van der Waals surface area contributed by atoms with Crippen LogP contribution >= 0.6 is 11.3 Å². The van der Waals surface area contributed by atoms with Crippen molar-refractivity contribution >= 4 is 27.3 Å². The molecule has 0 bridgehead atoms. The molecule has 8 nitrogen and oxygen atoms in total. The number of carbonyl (C=O) groups excluding carboxylic acids is 1. The zero-order chi connectivity index (χ0) is 18.8. The van der Waals surface area contributed by atoms with Crippen LogP contribution in [0.25, 0.3) is 16.3 Å². The zero-order valence-electron chi connectivity index (χ0n) is 14.5. The van der Waals surface area contributed by atoms with Crippen LogP contribution < -0.4 is 14.8 Å². The molecule has 4 aromatic rings. The average molecular weight is 381 g/mol. The molecule has 1 N–H and O–H groups in total. The smallest absolute Gasteiger partial charge is 0.257 e. The lowest BCUT2D eigenvalue weighted by molar-refractivity contribution is 0.102. The minimum absolute atomic E-state index is 0.304. The number of methoxy groups -OCH3 is 2. The fourth-order valence-corrected chi connectivity index (χ4v) is 3.32. The number of amides is 1. The van der Waals surface area contributed by atoms with E-state index in [4.69, 9.17) is 9.47 Å². The van der Waals surface area contributed by atoms with Crippen LogP contribution in [0.2, 0.25) is 0 Å². The van der Waals surface area contributed by atoms with Gasteiger partial charge < -0.3 is 9.47 Å². The van der Waals surface area contributed by atoms with Crippen LogP contribution in [0, 0.1) is 0 Å². The van der Waals surface area contributed by atoms with Crippen molar-refractivity contribution in [2.24, 2.45) is 0 Å². The molecule has 0 radical (unpaired) electrons. The SMILES string of the molecule is COc1ccc(C(=O)Nc2nn3c(-c4ccccc4)nnc3s2)cc1OC. The number of benzene rings is 2. The van der Waals surface area contributed by atoms with Gasteiger partial charge in [-0.15, -0.1) is 15.3 Å². The summed E-state index contributed by atoms with van der Waals surface area (Å²) in [6.45, 7) is 0. The van der Waals surface area contributed by atoms with E-state index in [1.54, 1.807) is 29.8 Å². The highest BCUT2D eigenvalue weighted by atomic mass is 32.1. The number of carbonyl (C=O) groups is 1. The van der Waals surface area contributed by atoms with E-state index in [1.807, 2.05) is 30.3 Å². The van der Waals surface area contributed by atoms with Gasteiger partial charge in [0, 0.05) is 11.1 Å². The van der Waals surface area contributed by atoms with E-state index in [2.05, 4.69) is 20.6 Å². The number of ether oxygens (including phenoxy) is 2. The molecule has 0 saturated carbocycles. The highest BCUT2D eigenvalue weighted by molar-refractivity contribution is 7.20. The van der Waals surface area contributed by atoms with Gasteiger partial charge in [0.15, 0.2) is 17.3 Å². The number of nitrogens with one attached hydrogen (secondary N) is 1. The number of hydrogen-bond donors (Lipinski definition) is 1. The van der Waals surface area contributed by atoms with Crippen LogP contribution in [0.3, 0.4) is 0 Å². The van der Waals surface area contributed by atoms with Gasteiger partial charge >= 0.3 is 0 Å². The van der Waals surface area contributed by atoms with Crippen LogP contribution in [0.1, 0.15) is 10.4 Å². The normalized spacial score (nSPS) is 10.7. The van der Waals surface area contributed by atoms with Crippen LogP contribution in [0.15, 0.2) is 48.5 Å². The minimum Gasteiger partial charge on any atom is -0.493 e. The molecule has 2 aromatic heterocycles. The van der Waals surface area contributed by atoms with E-state index in [1.165, 1.54) is 18.4 Å². The van der Waals surface area contributed by atoms with E-state index in [-0.39, 0.29) is 5.91 Å². The molecule has 0 aliphatic heterocycles. The molecule has 4 rings (SSSR count). The van der Waals surface area contributed by atoms with Gasteiger partial charge in [0.1, 0.15) is 0 Å². The van der Waals surface area contributed by atoms with E-state index >= 15 is 0 Å². The quantitative estimate of drug-likeness (QED) is 0.571. The molecular formula is C18H15N5O3S. The zero-order valence-corrected chi connectivity index (χ0v) is 15.4. The predicted molar refractivity (Wildman–Crippen MR) is 102 cm³/mol. The lowest BCUT2D eigenvalue weighted by Gasteiger charge is -2.09. The average Bonchev–Trinajstić information content (AvgIpc) is 3.28. The van der Waals surface area contributed by atoms with Gasteiger partial charge in [-0.3, -0.25) is 10.1 Å². The number of aromatic nitrogens is 4. The Morgan fingerprint density at radius 1 is 1.04 bits per heavy atom. The summed E-state index contributed by atoms with van der Waals surface area (Å²) in [7, 11) is 3.06. The van der Waals surface area contributed by atoms with Crippen molar-refractivity contribution in [3.63, 3.8) is 0 Å². The molecule has 0 saturated heterocycles. The van der Waals surface area contributed by atoms with Crippen molar-refractivity contribution < 1.29 is 14.3 Å². The molecule has 2 heterocycles. The summed E-state index contributed by atoms with van der Waals surface area (Å²) in [5, 5.41) is 15.9. The maximum atomic E-state index is 12.5. The molecule has 0 atom stereocenters. The second-order valence-corrected chi connectivity index (χ2v) is 6.47. The third-order valence-corrected chi connectivity index (χ3v) is 4.70. The Morgan fingerprint density at radius 3 is 2.56 bits per heavy atom. The second-order valence-electron chi connectivity index (χ2n) is 5.52. The molecule has 1 amide bonds. The Kier molecular flexibility index (Phi) is 4.43. The van der Waals surface area contributed by atoms with Crippen LogP contribution in [0.5, 0.6) is 11.5 Å². The summed E-state index contributed by atoms with van der Waals surface area (Å²) in [5.74, 6) is 1.35. The number of hydrogen-bond acceptors (Lipinski definition) is 7. The summed E-state index contributed by atoms with van der Waals surface area (Å²) < 4.78 is 12.0. The maximum absolute atomic E-state index is 12.5. The van der Waals surface area contributed by atoms with Gasteiger partial charge in [-0.25, -0.2) is 0 Å². The molecule has 0 spiro atoms. The van der Waals surface area contributed by atoms with E-state index < -0.39 is 0 Å². The van der Waals surface area contributed by atoms with Crippen molar-refractivity contribution in [3.05, 3.63) is 54.1 Å². The summed E-state index contributed by atoms with van der Waals surface area (Å²) in [6.07, 6.45) is 0. The standard InChI is InChI=1S/C18H15N5O3S/c1-25-13-9-8-12(10-14(13)26-2)16(24)19-17-22-23-15(20-21-18(23)27-17)11-6-4-3-5-7-11/h3-10H,1-2H3,(H,19,22,24). The lowest BCUT2D eigenvalue weighted by Crippen LogP contribution is -2.12. The number of nitrogens with zero attached hydrogens (tertiary/aromatic N) is 4. The van der Waals surface area contributed by atoms with Crippen molar-refractivity contribution in [1.82, 2.24) is 19.8 Å². The van der Waals surface area contributed by atoms with E-state index in [9.17, 15) is 4.79 Å². The molecular weight excluding hydrogens is 366 g/mol. The van der Waals surface area contributed by atoms with Crippen molar-refractivity contribution in [2.75, 3.05) is 19.5 Å². The molecule has 0 aliphatic carbocycles. The van der Waals surface area contributed by atoms with Gasteiger partial charge in [-0.05, 0) is 18.2 Å². The van der Waals surface area contributed by atoms with Gasteiger partial charge in [-0.1, -0.05) is 41.7 Å². The number of rotatable bonds is 5. The third kappa shape index (κ3) is 3.20. The topological polar surface area (TPSA) is 90.6 Å². The van der Waals surface area contributed by atoms with Crippen molar-refractivity contribution in [2.45, 2.75) is 0 Å². The molecule has 2 aromatic carbocycles. The first-order chi connectivity index (χ1) is 13.2. The molecule has 0 aliphatic rings. The summed E-state index contributed by atoms with van der Waals surface area (Å²) >= 11 is 1.24. The first-order valence-electron chi connectivity index (χ1n) is 8.00. The summed E-state index contributed by atoms with van der Waals surface area (Å²) in [6, 6.07) is 14.6. The number of fused-ring (bicyclic) bond motifs is 1. The Hall–Kier alpha value is -3.46. The Labute approximate surface area is 158 Å². The fraction of sp³-hybridized carbons (Fsp3) is 0.111. The van der Waals surface area contributed by atoms with E-state index in [0.717, 1.165) is 5.56 Å².